The molecule has 2 heteroatoms. The van der Waals surface area contributed by atoms with E-state index in [0.717, 1.165) is 17.9 Å². The van der Waals surface area contributed by atoms with Crippen molar-refractivity contribution in [1.82, 2.24) is 4.90 Å². The number of rotatable bonds is 4. The lowest BCUT2D eigenvalue weighted by molar-refractivity contribution is 0.147. The van der Waals surface area contributed by atoms with Crippen LogP contribution in [0.3, 0.4) is 0 Å². The molecule has 0 saturated carbocycles. The highest BCUT2D eigenvalue weighted by molar-refractivity contribution is 4.96. The fourth-order valence-electron chi connectivity index (χ4n) is 2.15. The summed E-state index contributed by atoms with van der Waals surface area (Å²) in [6, 6.07) is 0.678. The summed E-state index contributed by atoms with van der Waals surface area (Å²) in [4.78, 5) is 2.53. The minimum Gasteiger partial charge on any atom is -0.392 e. The van der Waals surface area contributed by atoms with Crippen LogP contribution in [0.1, 0.15) is 33.1 Å². The van der Waals surface area contributed by atoms with Gasteiger partial charge in [0.25, 0.3) is 0 Å². The first-order valence-electron chi connectivity index (χ1n) is 5.65. The number of nitrogens with zero attached hydrogens (tertiary/aromatic N) is 1. The van der Waals surface area contributed by atoms with Gasteiger partial charge in [0.2, 0.25) is 0 Å². The average molecular weight is 197 g/mol. The van der Waals surface area contributed by atoms with Gasteiger partial charge in [0.1, 0.15) is 0 Å². The SMILES string of the molecule is C=C(CO)CC1CCN(C(C)C)CC1. The van der Waals surface area contributed by atoms with Crippen molar-refractivity contribution in [1.29, 1.82) is 0 Å². The third kappa shape index (κ3) is 3.43. The fraction of sp³-hybridized carbons (Fsp3) is 0.833. The van der Waals surface area contributed by atoms with Crippen molar-refractivity contribution >= 4 is 0 Å². The number of hydrogen-bond donors (Lipinski definition) is 1. The van der Waals surface area contributed by atoms with E-state index in [1.807, 2.05) is 0 Å². The molecule has 0 bridgehead atoms. The molecule has 14 heavy (non-hydrogen) atoms. The van der Waals surface area contributed by atoms with Crippen LogP contribution in [-0.4, -0.2) is 35.7 Å². The highest BCUT2D eigenvalue weighted by atomic mass is 16.3. The van der Waals surface area contributed by atoms with Crippen LogP contribution < -0.4 is 0 Å². The van der Waals surface area contributed by atoms with E-state index in [4.69, 9.17) is 5.11 Å². The van der Waals surface area contributed by atoms with Crippen molar-refractivity contribution < 1.29 is 5.11 Å². The molecule has 0 aromatic carbocycles. The summed E-state index contributed by atoms with van der Waals surface area (Å²) >= 11 is 0. The fourth-order valence-corrected chi connectivity index (χ4v) is 2.15. The Balaban J connectivity index is 2.25. The van der Waals surface area contributed by atoms with Crippen molar-refractivity contribution in [2.24, 2.45) is 5.92 Å². The maximum absolute atomic E-state index is 8.90. The lowest BCUT2D eigenvalue weighted by Gasteiger charge is -2.34. The molecular weight excluding hydrogens is 174 g/mol. The summed E-state index contributed by atoms with van der Waals surface area (Å²) in [6.45, 7) is 10.9. The highest BCUT2D eigenvalue weighted by Crippen LogP contribution is 2.24. The molecule has 0 aromatic heterocycles. The molecule has 0 radical (unpaired) electrons. The van der Waals surface area contributed by atoms with Gasteiger partial charge in [0.05, 0.1) is 6.61 Å². The smallest absolute Gasteiger partial charge is 0.0639 e. The van der Waals surface area contributed by atoms with E-state index < -0.39 is 0 Å². The summed E-state index contributed by atoms with van der Waals surface area (Å²) in [6.07, 6.45) is 3.54. The first-order valence-corrected chi connectivity index (χ1v) is 5.65. The topological polar surface area (TPSA) is 23.5 Å². The van der Waals surface area contributed by atoms with E-state index in [-0.39, 0.29) is 6.61 Å². The molecule has 1 N–H and O–H groups in total. The molecule has 0 spiro atoms. The zero-order valence-corrected chi connectivity index (χ0v) is 9.50. The maximum Gasteiger partial charge on any atom is 0.0639 e. The minimum atomic E-state index is 0.157. The quantitative estimate of drug-likeness (QED) is 0.697. The molecular formula is C12H23NO. The second-order valence-corrected chi connectivity index (χ2v) is 4.69. The van der Waals surface area contributed by atoms with Gasteiger partial charge in [-0.1, -0.05) is 12.2 Å². The van der Waals surface area contributed by atoms with Gasteiger partial charge in [-0.3, -0.25) is 0 Å². The maximum atomic E-state index is 8.90. The molecule has 0 unspecified atom stereocenters. The molecule has 1 fully saturated rings. The predicted octanol–water partition coefficient (Wildman–Crippen LogP) is 2.05. The van der Waals surface area contributed by atoms with Crippen molar-refractivity contribution in [3.8, 4) is 0 Å². The summed E-state index contributed by atoms with van der Waals surface area (Å²) in [5.74, 6) is 0.754. The number of hydrogen-bond acceptors (Lipinski definition) is 2. The van der Waals surface area contributed by atoms with Crippen LogP contribution in [-0.2, 0) is 0 Å². The lowest BCUT2D eigenvalue weighted by Crippen LogP contribution is -2.38. The van der Waals surface area contributed by atoms with E-state index in [1.54, 1.807) is 0 Å². The Labute approximate surface area is 87.6 Å². The van der Waals surface area contributed by atoms with E-state index in [0.29, 0.717) is 6.04 Å². The molecule has 1 rings (SSSR count). The molecule has 1 aliphatic heterocycles. The van der Waals surface area contributed by atoms with Crippen LogP contribution in [0.4, 0.5) is 0 Å². The van der Waals surface area contributed by atoms with Gasteiger partial charge in [0.15, 0.2) is 0 Å². The van der Waals surface area contributed by atoms with Crippen LogP contribution in [0.25, 0.3) is 0 Å². The molecule has 0 atom stereocenters. The Morgan fingerprint density at radius 1 is 1.43 bits per heavy atom. The minimum absolute atomic E-state index is 0.157. The predicted molar refractivity (Wildman–Crippen MR) is 60.3 cm³/mol. The lowest BCUT2D eigenvalue weighted by atomic mass is 9.90. The Hall–Kier alpha value is -0.340. The van der Waals surface area contributed by atoms with E-state index in [9.17, 15) is 0 Å². The monoisotopic (exact) mass is 197 g/mol. The van der Waals surface area contributed by atoms with Gasteiger partial charge in [-0.25, -0.2) is 0 Å². The van der Waals surface area contributed by atoms with Gasteiger partial charge in [0, 0.05) is 6.04 Å². The van der Waals surface area contributed by atoms with E-state index in [1.165, 1.54) is 25.9 Å². The third-order valence-electron chi connectivity index (χ3n) is 3.18. The molecule has 1 aliphatic rings. The van der Waals surface area contributed by atoms with Gasteiger partial charge >= 0.3 is 0 Å². The zero-order chi connectivity index (χ0) is 10.6. The number of likely N-dealkylation sites (tertiary alicyclic amines) is 1. The largest absolute Gasteiger partial charge is 0.392 e. The van der Waals surface area contributed by atoms with Crippen molar-refractivity contribution in [2.75, 3.05) is 19.7 Å². The normalized spacial score (nSPS) is 20.3. The van der Waals surface area contributed by atoms with Crippen LogP contribution in [0.15, 0.2) is 12.2 Å². The van der Waals surface area contributed by atoms with Crippen LogP contribution in [0.5, 0.6) is 0 Å². The molecule has 1 heterocycles. The Kier molecular flexibility index (Phi) is 4.63. The van der Waals surface area contributed by atoms with Crippen molar-refractivity contribution in [2.45, 2.75) is 39.2 Å². The number of aliphatic hydroxyl groups excluding tert-OH is 1. The Morgan fingerprint density at radius 2 is 2.00 bits per heavy atom. The first kappa shape index (κ1) is 11.7. The van der Waals surface area contributed by atoms with Crippen molar-refractivity contribution in [3.05, 3.63) is 12.2 Å². The Morgan fingerprint density at radius 3 is 2.43 bits per heavy atom. The summed E-state index contributed by atoms with van der Waals surface area (Å²) in [5, 5.41) is 8.90. The van der Waals surface area contributed by atoms with Crippen molar-refractivity contribution in [3.63, 3.8) is 0 Å². The molecule has 1 saturated heterocycles. The van der Waals surface area contributed by atoms with Gasteiger partial charge < -0.3 is 10.0 Å². The first-order chi connectivity index (χ1) is 6.63. The second kappa shape index (κ2) is 5.52. The van der Waals surface area contributed by atoms with E-state index >= 15 is 0 Å². The molecule has 0 aliphatic carbocycles. The summed E-state index contributed by atoms with van der Waals surface area (Å²) in [7, 11) is 0. The summed E-state index contributed by atoms with van der Waals surface area (Å²) < 4.78 is 0. The average Bonchev–Trinajstić information content (AvgIpc) is 2.18. The molecule has 0 amide bonds. The van der Waals surface area contributed by atoms with Gasteiger partial charge in [-0.2, -0.15) is 0 Å². The van der Waals surface area contributed by atoms with Gasteiger partial charge in [-0.15, -0.1) is 0 Å². The highest BCUT2D eigenvalue weighted by Gasteiger charge is 2.20. The number of piperidine rings is 1. The van der Waals surface area contributed by atoms with Gasteiger partial charge in [-0.05, 0) is 52.1 Å². The van der Waals surface area contributed by atoms with Crippen LogP contribution in [0.2, 0.25) is 0 Å². The van der Waals surface area contributed by atoms with E-state index in [2.05, 4.69) is 25.3 Å². The summed E-state index contributed by atoms with van der Waals surface area (Å²) in [5.41, 5.74) is 0.994. The molecule has 2 nitrogen and oxygen atoms in total. The van der Waals surface area contributed by atoms with Crippen LogP contribution in [0, 0.1) is 5.92 Å². The molecule has 0 aromatic rings. The Bertz CT molecular complexity index is 181. The van der Waals surface area contributed by atoms with Crippen LogP contribution >= 0.6 is 0 Å². The molecule has 82 valence electrons. The third-order valence-corrected chi connectivity index (χ3v) is 3.18. The number of aliphatic hydroxyl groups is 1. The standard InChI is InChI=1S/C12H23NO/c1-10(2)13-6-4-12(5-7-13)8-11(3)9-14/h10,12,14H,3-9H2,1-2H3. The second-order valence-electron chi connectivity index (χ2n) is 4.69. The zero-order valence-electron chi connectivity index (χ0n) is 9.50.